The third kappa shape index (κ3) is 11.2. The van der Waals surface area contributed by atoms with Crippen LogP contribution in [0.15, 0.2) is 54.6 Å². The Kier molecular flexibility index (Phi) is 16.5. The fraction of sp³-hybridized carbons (Fsp3) is 0.467. The summed E-state index contributed by atoms with van der Waals surface area (Å²) in [6.45, 7) is 30.7. The van der Waals surface area contributed by atoms with E-state index in [0.717, 1.165) is 11.4 Å². The van der Waals surface area contributed by atoms with Gasteiger partial charge in [-0.2, -0.15) is 0 Å². The molecular weight excluding hydrogens is 705 g/mol. The third-order valence-electron chi connectivity index (χ3n) is 9.58. The zero-order valence-electron chi connectivity index (χ0n) is 34.2. The summed E-state index contributed by atoms with van der Waals surface area (Å²) < 4.78 is 0. The first-order valence-electron chi connectivity index (χ1n) is 18.8. The fourth-order valence-electron chi connectivity index (χ4n) is 6.66. The van der Waals surface area contributed by atoms with E-state index in [9.17, 15) is 9.90 Å². The van der Waals surface area contributed by atoms with Crippen molar-refractivity contribution in [1.29, 1.82) is 0 Å². The molecule has 53 heavy (non-hydrogen) atoms. The minimum Gasteiger partial charge on any atom is -0.869 e. The molecule has 0 fully saturated rings. The molecule has 0 saturated heterocycles. The Morgan fingerprint density at radius 1 is 0.604 bits per heavy atom. The van der Waals surface area contributed by atoms with Gasteiger partial charge in [0.05, 0.1) is 29.0 Å². The molecule has 2 atom stereocenters. The van der Waals surface area contributed by atoms with Gasteiger partial charge in [-0.05, 0) is 103 Å². The van der Waals surface area contributed by atoms with Crippen molar-refractivity contribution in [2.75, 3.05) is 10.6 Å². The van der Waals surface area contributed by atoms with E-state index in [0.29, 0.717) is 29.2 Å². The van der Waals surface area contributed by atoms with Crippen LogP contribution in [0.25, 0.3) is 0 Å². The standard InChI is InChI=1S/C35H51N3.C10H12O4.Co/c1-20(2)28-16-24(9)17-29(21(3)4)34(28)36-26(11)32-14-13-15-33(38-32)27(12)37-35-30(22(5)6)18-25(10)19-31(35)23(7)8;1-5(2)6-3-4-7(11)9(12)8(6)10(13)14;/h13-23,26-27,36-37H,1-12H3;3-5,11-12H,1-2H3,(H,13,14);/p-1. The molecule has 7 nitrogen and oxygen atoms in total. The van der Waals surface area contributed by atoms with E-state index in [1.54, 1.807) is 13.8 Å². The van der Waals surface area contributed by atoms with Crippen molar-refractivity contribution in [1.82, 2.24) is 4.98 Å². The number of aryl methyl sites for hydroxylation is 2. The summed E-state index contributed by atoms with van der Waals surface area (Å²) in [7, 11) is 0. The number of phenolic OH excluding ortho intramolecular Hbond substituents is 1. The Morgan fingerprint density at radius 2 is 0.943 bits per heavy atom. The summed E-state index contributed by atoms with van der Waals surface area (Å²) in [5.41, 5.74) is 13.0. The number of anilines is 2. The number of phenols is 1. The van der Waals surface area contributed by atoms with E-state index in [1.165, 1.54) is 56.9 Å². The number of carbonyl (C=O) groups is 1. The number of aromatic hydroxyl groups is 1. The Hall–Kier alpha value is -4.01. The zero-order valence-corrected chi connectivity index (χ0v) is 35.3. The number of carboxylic acid groups (broad SMARTS) is 1. The molecule has 0 aliphatic carbocycles. The first kappa shape index (κ1) is 45.1. The Labute approximate surface area is 329 Å². The van der Waals surface area contributed by atoms with Gasteiger partial charge in [0.15, 0.2) is 0 Å². The molecular formula is C45H62CoN3O4-. The Balaban J connectivity index is 0.000000545. The van der Waals surface area contributed by atoms with E-state index in [-0.39, 0.29) is 40.3 Å². The molecule has 1 heterocycles. The van der Waals surface area contributed by atoms with E-state index >= 15 is 0 Å². The second kappa shape index (κ2) is 19.4. The van der Waals surface area contributed by atoms with Crippen molar-refractivity contribution in [3.8, 4) is 11.5 Å². The van der Waals surface area contributed by atoms with Gasteiger partial charge in [0.1, 0.15) is 5.75 Å². The number of aromatic nitrogens is 1. The van der Waals surface area contributed by atoms with Crippen LogP contribution in [0.4, 0.5) is 11.4 Å². The second-order valence-electron chi connectivity index (χ2n) is 15.8. The van der Waals surface area contributed by atoms with Crippen LogP contribution in [-0.4, -0.2) is 21.2 Å². The van der Waals surface area contributed by atoms with Crippen LogP contribution in [0.5, 0.6) is 11.5 Å². The van der Waals surface area contributed by atoms with Crippen molar-refractivity contribution in [2.24, 2.45) is 0 Å². The molecule has 4 aromatic rings. The van der Waals surface area contributed by atoms with Crippen molar-refractivity contribution in [3.05, 3.63) is 110 Å². The summed E-state index contributed by atoms with van der Waals surface area (Å²) in [6.07, 6.45) is 0. The number of hydrogen-bond acceptors (Lipinski definition) is 6. The molecule has 8 heteroatoms. The molecule has 1 radical (unpaired) electrons. The summed E-state index contributed by atoms with van der Waals surface area (Å²) in [5.74, 6) is -0.897. The van der Waals surface area contributed by atoms with Gasteiger partial charge in [0.2, 0.25) is 0 Å². The van der Waals surface area contributed by atoms with Crippen LogP contribution in [0.1, 0.15) is 185 Å². The van der Waals surface area contributed by atoms with Crippen molar-refractivity contribution < 1.29 is 36.9 Å². The summed E-state index contributed by atoms with van der Waals surface area (Å²) in [4.78, 5) is 16.0. The predicted molar refractivity (Wildman–Crippen MR) is 216 cm³/mol. The normalized spacial score (nSPS) is 12.4. The van der Waals surface area contributed by atoms with Gasteiger partial charge in [-0.25, -0.2) is 4.79 Å². The van der Waals surface area contributed by atoms with Gasteiger partial charge in [-0.3, -0.25) is 4.98 Å². The topological polar surface area (TPSA) is 118 Å². The van der Waals surface area contributed by atoms with Crippen molar-refractivity contribution in [2.45, 2.75) is 139 Å². The quantitative estimate of drug-likeness (QED) is 0.113. The largest absolute Gasteiger partial charge is 0.869 e. The second-order valence-corrected chi connectivity index (χ2v) is 15.8. The fourth-order valence-corrected chi connectivity index (χ4v) is 6.66. The van der Waals surface area contributed by atoms with Crippen molar-refractivity contribution >= 4 is 17.3 Å². The van der Waals surface area contributed by atoms with E-state index in [4.69, 9.17) is 15.2 Å². The third-order valence-corrected chi connectivity index (χ3v) is 9.58. The predicted octanol–water partition coefficient (Wildman–Crippen LogP) is 11.8. The van der Waals surface area contributed by atoms with E-state index in [2.05, 4.69) is 136 Å². The SMILES string of the molecule is CC(C)c1ccc(O)c([O-])c1C(=O)O.Cc1cc(C(C)C)c(NC(C)c2cccc(C(C)Nc3c(C(C)C)cc(C)cc3C(C)C)n2)c(C(C)C)c1.[Co]. The molecule has 0 spiro atoms. The smallest absolute Gasteiger partial charge is 0.335 e. The number of pyridine rings is 1. The number of nitrogens with zero attached hydrogens (tertiary/aromatic N) is 1. The maximum Gasteiger partial charge on any atom is 0.335 e. The molecule has 4 N–H and O–H groups in total. The van der Waals surface area contributed by atoms with Gasteiger partial charge in [-0.1, -0.05) is 123 Å². The molecule has 0 aliphatic heterocycles. The van der Waals surface area contributed by atoms with Crippen LogP contribution >= 0.6 is 0 Å². The molecule has 0 saturated carbocycles. The monoisotopic (exact) mass is 767 g/mol. The first-order chi connectivity index (χ1) is 24.2. The molecule has 2 unspecified atom stereocenters. The van der Waals surface area contributed by atoms with E-state index in [1.807, 2.05) is 0 Å². The average molecular weight is 768 g/mol. The molecule has 4 rings (SSSR count). The molecule has 0 aliphatic rings. The zero-order chi connectivity index (χ0) is 39.2. The number of nitrogens with one attached hydrogen (secondary N) is 2. The number of carboxylic acids is 1. The van der Waals surface area contributed by atoms with E-state index < -0.39 is 17.5 Å². The molecule has 0 amide bonds. The van der Waals surface area contributed by atoms with Crippen LogP contribution in [0.2, 0.25) is 0 Å². The van der Waals surface area contributed by atoms with Gasteiger partial charge in [0.25, 0.3) is 0 Å². The molecule has 0 bridgehead atoms. The maximum absolute atomic E-state index is 11.3. The van der Waals surface area contributed by atoms with Crippen LogP contribution in [0, 0.1) is 13.8 Å². The molecule has 291 valence electrons. The minimum absolute atomic E-state index is 0. The number of rotatable bonds is 12. The number of hydrogen-bond donors (Lipinski definition) is 4. The summed E-state index contributed by atoms with van der Waals surface area (Å²) in [5, 5.41) is 36.9. The van der Waals surface area contributed by atoms with Gasteiger partial charge in [-0.15, -0.1) is 0 Å². The van der Waals surface area contributed by atoms with Crippen molar-refractivity contribution in [3.63, 3.8) is 0 Å². The molecule has 1 aromatic heterocycles. The van der Waals surface area contributed by atoms with Crippen LogP contribution in [-0.2, 0) is 16.8 Å². The van der Waals surface area contributed by atoms with Gasteiger partial charge < -0.3 is 26.0 Å². The Bertz CT molecular complexity index is 1700. The summed E-state index contributed by atoms with van der Waals surface area (Å²) >= 11 is 0. The number of benzene rings is 3. The Morgan fingerprint density at radius 3 is 1.25 bits per heavy atom. The first-order valence-corrected chi connectivity index (χ1v) is 18.8. The van der Waals surface area contributed by atoms with Gasteiger partial charge in [0, 0.05) is 28.2 Å². The summed E-state index contributed by atoms with van der Waals surface area (Å²) in [6, 6.07) is 18.7. The molecule has 3 aromatic carbocycles. The number of aromatic carboxylic acids is 1. The van der Waals surface area contributed by atoms with Gasteiger partial charge >= 0.3 is 5.97 Å². The maximum atomic E-state index is 11.3. The average Bonchev–Trinajstić information content (AvgIpc) is 3.06. The van der Waals surface area contributed by atoms with Crippen LogP contribution < -0.4 is 15.7 Å². The minimum atomic E-state index is -1.30. The van der Waals surface area contributed by atoms with Crippen LogP contribution in [0.3, 0.4) is 0 Å².